The number of aromatic amines is 1. The number of carbonyl (C=O) groups excluding carboxylic acids is 1. The van der Waals surface area contributed by atoms with Gasteiger partial charge in [-0.2, -0.15) is 18.3 Å². The highest BCUT2D eigenvalue weighted by molar-refractivity contribution is 6.02. The van der Waals surface area contributed by atoms with Crippen molar-refractivity contribution < 1.29 is 31.5 Å². The Hall–Kier alpha value is -4.42. The number of nitrogens with zero attached hydrogens (tertiary/aromatic N) is 2. The summed E-state index contributed by atoms with van der Waals surface area (Å²) >= 11 is 0. The Morgan fingerprint density at radius 2 is 1.95 bits per heavy atom. The fourth-order valence-electron chi connectivity index (χ4n) is 3.90. The highest BCUT2D eigenvalue weighted by Gasteiger charge is 2.39. The number of carbonyl (C=O) groups is 1. The standard InChI is InChI=1S/C24H20F5N5O3/c1-11(24(27,28)29)34-10-16(19-20(34)23(36)33-32-21(19)30)12-3-4-13(17(26)7-12)9-31-22(35)15-8-14(25)5-6-18(15)37-2/h3-8,10-11H,9H2,1-2H3,(H2,30,32)(H,31,35)(H,33,36). The third kappa shape index (κ3) is 4.84. The molecule has 4 rings (SSSR count). The Kier molecular flexibility index (Phi) is 6.63. The summed E-state index contributed by atoms with van der Waals surface area (Å²) < 4.78 is 74.7. The van der Waals surface area contributed by atoms with Gasteiger partial charge in [-0.3, -0.25) is 9.59 Å². The van der Waals surface area contributed by atoms with Gasteiger partial charge in [0.2, 0.25) is 0 Å². The van der Waals surface area contributed by atoms with E-state index in [1.807, 2.05) is 0 Å². The van der Waals surface area contributed by atoms with Crippen molar-refractivity contribution in [1.29, 1.82) is 0 Å². The smallest absolute Gasteiger partial charge is 0.408 e. The summed E-state index contributed by atoms with van der Waals surface area (Å²) in [7, 11) is 1.31. The first-order chi connectivity index (χ1) is 17.4. The molecule has 2 heterocycles. The molecule has 0 aliphatic heterocycles. The van der Waals surface area contributed by atoms with Gasteiger partial charge in [-0.25, -0.2) is 13.9 Å². The normalized spacial score (nSPS) is 12.5. The fourth-order valence-corrected chi connectivity index (χ4v) is 3.90. The van der Waals surface area contributed by atoms with Gasteiger partial charge in [-0.15, -0.1) is 0 Å². The van der Waals surface area contributed by atoms with Crippen molar-refractivity contribution in [2.75, 3.05) is 12.8 Å². The molecule has 0 aliphatic rings. The minimum atomic E-state index is -4.68. The van der Waals surface area contributed by atoms with Gasteiger partial charge in [0.05, 0.1) is 18.1 Å². The Bertz CT molecular complexity index is 1560. The van der Waals surface area contributed by atoms with Crippen molar-refractivity contribution in [2.45, 2.75) is 25.7 Å². The van der Waals surface area contributed by atoms with Crippen LogP contribution < -0.4 is 21.3 Å². The number of hydrogen-bond acceptors (Lipinski definition) is 5. The van der Waals surface area contributed by atoms with Crippen molar-refractivity contribution in [3.05, 3.63) is 75.7 Å². The van der Waals surface area contributed by atoms with Gasteiger partial charge < -0.3 is 20.4 Å². The Labute approximate surface area is 205 Å². The van der Waals surface area contributed by atoms with E-state index in [0.717, 1.165) is 35.9 Å². The molecule has 37 heavy (non-hydrogen) atoms. The number of hydrogen-bond donors (Lipinski definition) is 3. The van der Waals surface area contributed by atoms with Crippen LogP contribution in [0.2, 0.25) is 0 Å². The Morgan fingerprint density at radius 1 is 1.22 bits per heavy atom. The summed E-state index contributed by atoms with van der Waals surface area (Å²) in [5, 5.41) is 8.11. The van der Waals surface area contributed by atoms with E-state index in [-0.39, 0.29) is 51.3 Å². The van der Waals surface area contributed by atoms with E-state index in [4.69, 9.17) is 10.5 Å². The SMILES string of the molecule is COc1ccc(F)cc1C(=O)NCc1ccc(-c2cn(C(C)C(F)(F)F)c3c(=O)[nH]nc(N)c23)cc1F. The molecule has 8 nitrogen and oxygen atoms in total. The number of alkyl halides is 3. The lowest BCUT2D eigenvalue weighted by Gasteiger charge is -2.18. The van der Waals surface area contributed by atoms with Gasteiger partial charge in [0.25, 0.3) is 11.5 Å². The van der Waals surface area contributed by atoms with Crippen LogP contribution in [0.5, 0.6) is 5.75 Å². The fraction of sp³-hybridized carbons (Fsp3) is 0.208. The first-order valence-corrected chi connectivity index (χ1v) is 10.8. The number of anilines is 1. The molecule has 1 unspecified atom stereocenters. The van der Waals surface area contributed by atoms with Crippen LogP contribution in [-0.2, 0) is 6.54 Å². The van der Waals surface area contributed by atoms with E-state index in [9.17, 15) is 31.5 Å². The number of H-pyrrole nitrogens is 1. The molecule has 2 aromatic carbocycles. The van der Waals surface area contributed by atoms with Crippen LogP contribution in [0.3, 0.4) is 0 Å². The lowest BCUT2D eigenvalue weighted by Crippen LogP contribution is -2.25. The summed E-state index contributed by atoms with van der Waals surface area (Å²) in [6.45, 7) is 0.597. The van der Waals surface area contributed by atoms with Crippen LogP contribution in [-0.4, -0.2) is 34.0 Å². The van der Waals surface area contributed by atoms with Crippen LogP contribution in [0.25, 0.3) is 22.0 Å². The molecule has 0 saturated heterocycles. The predicted octanol–water partition coefficient (Wildman–Crippen LogP) is 4.31. The van der Waals surface area contributed by atoms with Crippen molar-refractivity contribution in [3.8, 4) is 16.9 Å². The van der Waals surface area contributed by atoms with E-state index in [0.29, 0.717) is 0 Å². The van der Waals surface area contributed by atoms with Gasteiger partial charge in [0.15, 0.2) is 5.82 Å². The summed E-state index contributed by atoms with van der Waals surface area (Å²) in [4.78, 5) is 24.9. The molecule has 4 N–H and O–H groups in total. The number of aromatic nitrogens is 3. The van der Waals surface area contributed by atoms with E-state index in [2.05, 4.69) is 15.5 Å². The van der Waals surface area contributed by atoms with E-state index < -0.39 is 35.3 Å². The summed E-state index contributed by atoms with van der Waals surface area (Å²) in [6.07, 6.45) is -3.60. The molecule has 194 valence electrons. The molecule has 1 atom stereocenters. The van der Waals surface area contributed by atoms with E-state index in [1.165, 1.54) is 25.3 Å². The highest BCUT2D eigenvalue weighted by atomic mass is 19.4. The maximum Gasteiger partial charge on any atom is 0.408 e. The van der Waals surface area contributed by atoms with Gasteiger partial charge >= 0.3 is 6.18 Å². The molecular weight excluding hydrogens is 501 g/mol. The number of nitrogens with two attached hydrogens (primary N) is 1. The lowest BCUT2D eigenvalue weighted by molar-refractivity contribution is -0.162. The highest BCUT2D eigenvalue weighted by Crippen LogP contribution is 2.38. The summed E-state index contributed by atoms with van der Waals surface area (Å²) in [5.74, 6) is -2.26. The van der Waals surface area contributed by atoms with Crippen LogP contribution in [0.1, 0.15) is 28.9 Å². The van der Waals surface area contributed by atoms with Crippen molar-refractivity contribution in [3.63, 3.8) is 0 Å². The van der Waals surface area contributed by atoms with Gasteiger partial charge in [-0.1, -0.05) is 12.1 Å². The molecule has 0 fully saturated rings. The van der Waals surface area contributed by atoms with Gasteiger partial charge in [0, 0.05) is 23.9 Å². The lowest BCUT2D eigenvalue weighted by atomic mass is 10.0. The number of amides is 1. The molecule has 0 aliphatic carbocycles. The third-order valence-corrected chi connectivity index (χ3v) is 5.88. The number of rotatable bonds is 6. The van der Waals surface area contributed by atoms with Gasteiger partial charge in [0.1, 0.15) is 28.9 Å². The molecule has 4 aromatic rings. The van der Waals surface area contributed by atoms with Crippen molar-refractivity contribution >= 4 is 22.6 Å². The second-order valence-electron chi connectivity index (χ2n) is 8.16. The molecule has 13 heteroatoms. The van der Waals surface area contributed by atoms with Gasteiger partial charge in [-0.05, 0) is 36.8 Å². The van der Waals surface area contributed by atoms with Crippen molar-refractivity contribution in [2.24, 2.45) is 0 Å². The second-order valence-corrected chi connectivity index (χ2v) is 8.16. The largest absolute Gasteiger partial charge is 0.496 e. The zero-order chi connectivity index (χ0) is 27.1. The average Bonchev–Trinajstić information content (AvgIpc) is 3.26. The van der Waals surface area contributed by atoms with Crippen LogP contribution in [0, 0.1) is 11.6 Å². The molecule has 1 amide bonds. The second kappa shape index (κ2) is 9.56. The van der Waals surface area contributed by atoms with E-state index in [1.54, 1.807) is 0 Å². The summed E-state index contributed by atoms with van der Waals surface area (Å²) in [6, 6.07) is 5.07. The maximum absolute atomic E-state index is 15.0. The molecule has 0 spiro atoms. The average molecular weight is 521 g/mol. The number of benzene rings is 2. The van der Waals surface area contributed by atoms with Crippen LogP contribution in [0.4, 0.5) is 27.8 Å². The Balaban J connectivity index is 1.68. The molecule has 0 bridgehead atoms. The number of fused-ring (bicyclic) bond motifs is 1. The number of ether oxygens (including phenoxy) is 1. The predicted molar refractivity (Wildman–Crippen MR) is 125 cm³/mol. The zero-order valence-corrected chi connectivity index (χ0v) is 19.4. The number of methoxy groups -OCH3 is 1. The first kappa shape index (κ1) is 25.7. The summed E-state index contributed by atoms with van der Waals surface area (Å²) in [5.41, 5.74) is 4.79. The molecular formula is C24H20F5N5O3. The minimum Gasteiger partial charge on any atom is -0.496 e. The van der Waals surface area contributed by atoms with Crippen LogP contribution in [0.15, 0.2) is 47.4 Å². The number of halogens is 5. The third-order valence-electron chi connectivity index (χ3n) is 5.88. The topological polar surface area (TPSA) is 115 Å². The quantitative estimate of drug-likeness (QED) is 0.327. The van der Waals surface area contributed by atoms with Crippen LogP contribution >= 0.6 is 0 Å². The Morgan fingerprint density at radius 3 is 2.59 bits per heavy atom. The van der Waals surface area contributed by atoms with E-state index >= 15 is 0 Å². The molecule has 2 aromatic heterocycles. The monoisotopic (exact) mass is 521 g/mol. The first-order valence-electron chi connectivity index (χ1n) is 10.8. The number of nitrogen functional groups attached to an aromatic ring is 1. The molecule has 0 saturated carbocycles. The maximum atomic E-state index is 15.0. The molecule has 0 radical (unpaired) electrons. The van der Waals surface area contributed by atoms with Crippen molar-refractivity contribution in [1.82, 2.24) is 20.1 Å². The minimum absolute atomic E-state index is 0.0452. The number of nitrogens with one attached hydrogen (secondary N) is 2. The zero-order valence-electron chi connectivity index (χ0n) is 19.4.